The van der Waals surface area contributed by atoms with E-state index in [0.717, 1.165) is 36.2 Å². The summed E-state index contributed by atoms with van der Waals surface area (Å²) in [6.07, 6.45) is -0.337. The zero-order valence-corrected chi connectivity index (χ0v) is 21.0. The number of amides is 1. The van der Waals surface area contributed by atoms with E-state index in [2.05, 4.69) is 15.3 Å². The summed E-state index contributed by atoms with van der Waals surface area (Å²) in [5.41, 5.74) is 0.722. The van der Waals surface area contributed by atoms with E-state index in [0.29, 0.717) is 35.7 Å². The fourth-order valence-electron chi connectivity index (χ4n) is 3.90. The van der Waals surface area contributed by atoms with Crippen LogP contribution in [0.15, 0.2) is 54.7 Å². The maximum absolute atomic E-state index is 12.9. The molecule has 1 fully saturated rings. The number of carbonyl (C=O) groups excluding carboxylic acids is 1. The lowest BCUT2D eigenvalue weighted by molar-refractivity contribution is -0.152. The van der Waals surface area contributed by atoms with Crippen LogP contribution in [0.25, 0.3) is 11.4 Å². The van der Waals surface area contributed by atoms with Crippen LogP contribution in [0, 0.1) is 0 Å². The van der Waals surface area contributed by atoms with Crippen molar-refractivity contribution in [3.05, 3.63) is 77.1 Å². The highest BCUT2D eigenvalue weighted by molar-refractivity contribution is 5.79. The van der Waals surface area contributed by atoms with Gasteiger partial charge in [-0.25, -0.2) is 14.8 Å². The molecule has 2 aromatic carbocycles. The fraction of sp³-hybridized carbons (Fsp3) is 0.357. The van der Waals surface area contributed by atoms with Crippen LogP contribution in [-0.4, -0.2) is 39.1 Å². The number of hydrogen-bond acceptors (Lipinski definition) is 5. The second kappa shape index (κ2) is 10.8. The van der Waals surface area contributed by atoms with Crippen LogP contribution in [0.2, 0.25) is 0 Å². The van der Waals surface area contributed by atoms with E-state index in [1.807, 2.05) is 6.07 Å². The SMILES string of the molecule is CC(C)(Oc1cccc(CCNC(=O)Cc2cnc(-c3ccc(C(F)(F)F)cc3)nc2C2CC2)c1)C(=O)O. The van der Waals surface area contributed by atoms with E-state index in [1.54, 1.807) is 24.4 Å². The molecule has 38 heavy (non-hydrogen) atoms. The standard InChI is InChI=1S/C28H28F3N3O4/c1-27(2,26(36)37)38-22-5-3-4-17(14-22)12-13-32-23(35)15-20-16-33-25(34-24(20)18-6-7-18)19-8-10-21(11-9-19)28(29,30)31/h3-5,8-11,14,16,18H,6-7,12-13,15H2,1-2H3,(H,32,35)(H,36,37). The number of aromatic nitrogens is 2. The lowest BCUT2D eigenvalue weighted by atomic mass is 10.1. The van der Waals surface area contributed by atoms with Crippen LogP contribution in [0.3, 0.4) is 0 Å². The Morgan fingerprint density at radius 2 is 1.82 bits per heavy atom. The van der Waals surface area contributed by atoms with Gasteiger partial charge in [0.15, 0.2) is 11.4 Å². The number of carboxylic acids is 1. The summed E-state index contributed by atoms with van der Waals surface area (Å²) < 4.78 is 44.2. The van der Waals surface area contributed by atoms with E-state index in [4.69, 9.17) is 4.74 Å². The Bertz CT molecular complexity index is 1320. The van der Waals surface area contributed by atoms with Crippen molar-refractivity contribution in [2.24, 2.45) is 0 Å². The number of halogens is 3. The van der Waals surface area contributed by atoms with Crippen LogP contribution in [0.4, 0.5) is 13.2 Å². The van der Waals surface area contributed by atoms with Gasteiger partial charge in [0.1, 0.15) is 5.75 Å². The van der Waals surface area contributed by atoms with Crippen molar-refractivity contribution >= 4 is 11.9 Å². The zero-order valence-electron chi connectivity index (χ0n) is 21.0. The van der Waals surface area contributed by atoms with Gasteiger partial charge in [-0.1, -0.05) is 24.3 Å². The van der Waals surface area contributed by atoms with Gasteiger partial charge in [0.2, 0.25) is 5.91 Å². The molecule has 1 aliphatic carbocycles. The molecular formula is C28H28F3N3O4. The van der Waals surface area contributed by atoms with Crippen LogP contribution >= 0.6 is 0 Å². The number of alkyl halides is 3. The van der Waals surface area contributed by atoms with Gasteiger partial charge in [0, 0.05) is 29.8 Å². The third kappa shape index (κ3) is 6.87. The van der Waals surface area contributed by atoms with Crippen molar-refractivity contribution in [2.75, 3.05) is 6.54 Å². The van der Waals surface area contributed by atoms with Gasteiger partial charge in [0.05, 0.1) is 17.7 Å². The first-order chi connectivity index (χ1) is 17.9. The summed E-state index contributed by atoms with van der Waals surface area (Å²) in [7, 11) is 0. The Balaban J connectivity index is 1.36. The van der Waals surface area contributed by atoms with E-state index in [-0.39, 0.29) is 18.2 Å². The maximum Gasteiger partial charge on any atom is 0.416 e. The van der Waals surface area contributed by atoms with Gasteiger partial charge in [-0.15, -0.1) is 0 Å². The summed E-state index contributed by atoms with van der Waals surface area (Å²) in [6, 6.07) is 11.8. The number of aliphatic carboxylic acids is 1. The third-order valence-electron chi connectivity index (χ3n) is 6.21. The third-order valence-corrected chi connectivity index (χ3v) is 6.21. The second-order valence-electron chi connectivity index (χ2n) is 9.80. The molecule has 1 amide bonds. The van der Waals surface area contributed by atoms with Crippen molar-refractivity contribution in [3.8, 4) is 17.1 Å². The molecule has 0 radical (unpaired) electrons. The first kappa shape index (κ1) is 27.1. The monoisotopic (exact) mass is 527 g/mol. The van der Waals surface area contributed by atoms with E-state index in [1.165, 1.54) is 26.0 Å². The van der Waals surface area contributed by atoms with E-state index < -0.39 is 23.3 Å². The molecule has 1 aromatic heterocycles. The van der Waals surface area contributed by atoms with Crippen LogP contribution in [0.5, 0.6) is 5.75 Å². The van der Waals surface area contributed by atoms with Gasteiger partial charge in [-0.2, -0.15) is 13.2 Å². The normalized spacial score (nSPS) is 13.7. The number of carbonyl (C=O) groups is 2. The van der Waals surface area contributed by atoms with Crippen molar-refractivity contribution in [1.82, 2.24) is 15.3 Å². The summed E-state index contributed by atoms with van der Waals surface area (Å²) in [5.74, 6) is -0.292. The van der Waals surface area contributed by atoms with Gasteiger partial charge in [0.25, 0.3) is 0 Å². The molecule has 0 saturated heterocycles. The lowest BCUT2D eigenvalue weighted by Gasteiger charge is -2.21. The molecule has 1 aliphatic rings. The summed E-state index contributed by atoms with van der Waals surface area (Å²) >= 11 is 0. The molecule has 0 unspecified atom stereocenters. The number of carboxylic acid groups (broad SMARTS) is 1. The largest absolute Gasteiger partial charge is 0.478 e. The first-order valence-corrected chi connectivity index (χ1v) is 12.2. The molecule has 1 heterocycles. The van der Waals surface area contributed by atoms with Crippen LogP contribution < -0.4 is 10.1 Å². The lowest BCUT2D eigenvalue weighted by Crippen LogP contribution is -2.37. The Morgan fingerprint density at radius 1 is 1.11 bits per heavy atom. The minimum absolute atomic E-state index is 0.0923. The highest BCUT2D eigenvalue weighted by Gasteiger charge is 2.31. The highest BCUT2D eigenvalue weighted by atomic mass is 19.4. The molecule has 0 bridgehead atoms. The quantitative estimate of drug-likeness (QED) is 0.377. The Hall–Kier alpha value is -3.95. The zero-order chi connectivity index (χ0) is 27.5. The van der Waals surface area contributed by atoms with Crippen LogP contribution in [0.1, 0.15) is 55.0 Å². The molecular weight excluding hydrogens is 499 g/mol. The predicted octanol–water partition coefficient (Wildman–Crippen LogP) is 5.18. The minimum Gasteiger partial charge on any atom is -0.478 e. The molecule has 1 saturated carbocycles. The molecule has 0 spiro atoms. The Kier molecular flexibility index (Phi) is 7.71. The van der Waals surface area contributed by atoms with Crippen molar-refractivity contribution in [2.45, 2.75) is 57.2 Å². The average Bonchev–Trinajstić information content (AvgIpc) is 3.69. The fourth-order valence-corrected chi connectivity index (χ4v) is 3.90. The first-order valence-electron chi connectivity index (χ1n) is 12.2. The molecule has 4 rings (SSSR count). The number of nitrogens with one attached hydrogen (secondary N) is 1. The number of nitrogens with zero attached hydrogens (tertiary/aromatic N) is 2. The van der Waals surface area contributed by atoms with Crippen LogP contribution in [-0.2, 0) is 28.6 Å². The van der Waals surface area contributed by atoms with Gasteiger partial charge in [-0.3, -0.25) is 4.79 Å². The smallest absolute Gasteiger partial charge is 0.416 e. The molecule has 0 atom stereocenters. The Morgan fingerprint density at radius 3 is 2.45 bits per heavy atom. The summed E-state index contributed by atoms with van der Waals surface area (Å²) in [4.78, 5) is 32.9. The van der Waals surface area contributed by atoms with Gasteiger partial charge in [-0.05, 0) is 62.9 Å². The second-order valence-corrected chi connectivity index (χ2v) is 9.80. The maximum atomic E-state index is 12.9. The number of benzene rings is 2. The summed E-state index contributed by atoms with van der Waals surface area (Å²) in [5, 5.41) is 12.1. The van der Waals surface area contributed by atoms with Gasteiger partial charge < -0.3 is 15.2 Å². The minimum atomic E-state index is -4.41. The average molecular weight is 528 g/mol. The molecule has 10 heteroatoms. The molecule has 2 N–H and O–H groups in total. The topological polar surface area (TPSA) is 101 Å². The number of ether oxygens (including phenoxy) is 1. The summed E-state index contributed by atoms with van der Waals surface area (Å²) in [6.45, 7) is 3.31. The number of rotatable bonds is 10. The molecule has 0 aliphatic heterocycles. The predicted molar refractivity (Wildman–Crippen MR) is 134 cm³/mol. The molecule has 3 aromatic rings. The molecule has 7 nitrogen and oxygen atoms in total. The van der Waals surface area contributed by atoms with Crippen molar-refractivity contribution in [1.29, 1.82) is 0 Å². The van der Waals surface area contributed by atoms with E-state index in [9.17, 15) is 27.9 Å². The van der Waals surface area contributed by atoms with Crippen molar-refractivity contribution in [3.63, 3.8) is 0 Å². The van der Waals surface area contributed by atoms with Crippen molar-refractivity contribution < 1.29 is 32.6 Å². The molecule has 200 valence electrons. The van der Waals surface area contributed by atoms with Gasteiger partial charge >= 0.3 is 12.1 Å². The Labute approximate surface area is 218 Å². The highest BCUT2D eigenvalue weighted by Crippen LogP contribution is 2.41. The number of hydrogen-bond donors (Lipinski definition) is 2. The van der Waals surface area contributed by atoms with E-state index >= 15 is 0 Å².